The van der Waals surface area contributed by atoms with Crippen LogP contribution >= 0.6 is 0 Å². The van der Waals surface area contributed by atoms with E-state index in [2.05, 4.69) is 20.8 Å². The number of likely N-dealkylation sites (tertiary alicyclic amines) is 1. The van der Waals surface area contributed by atoms with Gasteiger partial charge < -0.3 is 23.8 Å². The Balaban J connectivity index is 1.62. The predicted molar refractivity (Wildman–Crippen MR) is 133 cm³/mol. The lowest BCUT2D eigenvalue weighted by atomic mass is 9.68. The summed E-state index contributed by atoms with van der Waals surface area (Å²) in [5, 5.41) is 0. The number of carbonyl (C=O) groups excluding carboxylic acids is 2. The van der Waals surface area contributed by atoms with E-state index < -0.39 is 11.2 Å². The van der Waals surface area contributed by atoms with Crippen molar-refractivity contribution in [3.8, 4) is 5.75 Å². The van der Waals surface area contributed by atoms with Gasteiger partial charge in [0.2, 0.25) is 0 Å². The molecule has 0 saturated carbocycles. The zero-order valence-corrected chi connectivity index (χ0v) is 22.3. The molecule has 7 nitrogen and oxygen atoms in total. The second-order valence-electron chi connectivity index (χ2n) is 12.0. The van der Waals surface area contributed by atoms with E-state index in [1.54, 1.807) is 6.07 Å². The molecule has 0 aromatic heterocycles. The van der Waals surface area contributed by atoms with Crippen molar-refractivity contribution in [3.05, 3.63) is 29.3 Å². The number of hydrogen-bond acceptors (Lipinski definition) is 6. The van der Waals surface area contributed by atoms with Crippen molar-refractivity contribution in [1.29, 1.82) is 0 Å². The standard InChI is InChI=1S/C28H41NO6/c1-17(2)10-12-28(6)21-15-19-16-29(26(31)35-27(3,4)5)13-11-22(19)33-24(21)20-14-18(25(30)32-7)8-9-23(20)34-28/h8-9,14,17,19,21-22,24H,10-13,15-16H2,1-7H3/t19-,21+,22+,24-,28+/m1/s1. The van der Waals surface area contributed by atoms with Crippen LogP contribution < -0.4 is 4.74 Å². The van der Waals surface area contributed by atoms with Gasteiger partial charge in [0.25, 0.3) is 0 Å². The third-order valence-corrected chi connectivity index (χ3v) is 7.64. The number of hydrogen-bond donors (Lipinski definition) is 0. The lowest BCUT2D eigenvalue weighted by Crippen LogP contribution is -2.57. The Morgan fingerprint density at radius 1 is 1.26 bits per heavy atom. The van der Waals surface area contributed by atoms with Gasteiger partial charge in [0.05, 0.1) is 24.9 Å². The van der Waals surface area contributed by atoms with Gasteiger partial charge in [-0.3, -0.25) is 0 Å². The SMILES string of the molecule is COC(=O)c1ccc2c(c1)[C@H]1O[C@H]3CCN(C(=O)OC(C)(C)C)C[C@H]3C[C@@H]1[C@](C)(CCC(C)C)O2. The number of carbonyl (C=O) groups is 2. The van der Waals surface area contributed by atoms with Crippen molar-refractivity contribution in [2.75, 3.05) is 20.2 Å². The molecule has 1 aromatic carbocycles. The molecule has 0 N–H and O–H groups in total. The first kappa shape index (κ1) is 25.8. The molecule has 0 spiro atoms. The molecule has 1 amide bonds. The van der Waals surface area contributed by atoms with Crippen molar-refractivity contribution in [2.45, 2.75) is 90.6 Å². The van der Waals surface area contributed by atoms with Crippen LogP contribution in [0.25, 0.3) is 0 Å². The molecule has 35 heavy (non-hydrogen) atoms. The minimum atomic E-state index is -0.518. The normalized spacial score (nSPS) is 30.0. The maximum Gasteiger partial charge on any atom is 0.410 e. The van der Waals surface area contributed by atoms with Crippen molar-refractivity contribution in [2.24, 2.45) is 17.8 Å². The predicted octanol–water partition coefficient (Wildman–Crippen LogP) is 5.76. The summed E-state index contributed by atoms with van der Waals surface area (Å²) in [4.78, 5) is 26.8. The largest absolute Gasteiger partial charge is 0.487 e. The van der Waals surface area contributed by atoms with E-state index in [9.17, 15) is 9.59 Å². The number of benzene rings is 1. The highest BCUT2D eigenvalue weighted by Crippen LogP contribution is 2.54. The molecule has 3 aliphatic rings. The number of esters is 1. The van der Waals surface area contributed by atoms with E-state index >= 15 is 0 Å². The molecule has 7 heteroatoms. The topological polar surface area (TPSA) is 74.3 Å². The fraction of sp³-hybridized carbons (Fsp3) is 0.714. The van der Waals surface area contributed by atoms with Gasteiger partial charge in [-0.15, -0.1) is 0 Å². The Kier molecular flexibility index (Phi) is 7.11. The Labute approximate surface area is 209 Å². The minimum absolute atomic E-state index is 0.0528. The van der Waals surface area contributed by atoms with Crippen LogP contribution in [-0.4, -0.2) is 54.5 Å². The van der Waals surface area contributed by atoms with E-state index in [1.165, 1.54) is 7.11 Å². The van der Waals surface area contributed by atoms with Crippen LogP contribution in [0.5, 0.6) is 5.75 Å². The molecule has 4 rings (SSSR count). The van der Waals surface area contributed by atoms with E-state index in [0.29, 0.717) is 24.6 Å². The smallest absolute Gasteiger partial charge is 0.410 e. The molecule has 194 valence electrons. The first-order chi connectivity index (χ1) is 16.4. The molecule has 0 radical (unpaired) electrons. The number of amides is 1. The quantitative estimate of drug-likeness (QED) is 0.503. The van der Waals surface area contributed by atoms with Crippen LogP contribution in [0.2, 0.25) is 0 Å². The molecule has 0 bridgehead atoms. The molecule has 5 atom stereocenters. The Hall–Kier alpha value is -2.28. The fourth-order valence-electron chi connectivity index (χ4n) is 5.75. The summed E-state index contributed by atoms with van der Waals surface area (Å²) in [6.07, 6.45) is 3.27. The molecule has 0 unspecified atom stereocenters. The average molecular weight is 488 g/mol. The van der Waals surface area contributed by atoms with Crippen LogP contribution in [0, 0.1) is 17.8 Å². The summed E-state index contributed by atoms with van der Waals surface area (Å²) in [6, 6.07) is 5.52. The van der Waals surface area contributed by atoms with Gasteiger partial charge in [-0.2, -0.15) is 0 Å². The van der Waals surface area contributed by atoms with Gasteiger partial charge in [0.15, 0.2) is 0 Å². The third-order valence-electron chi connectivity index (χ3n) is 7.64. The van der Waals surface area contributed by atoms with E-state index in [-0.39, 0.29) is 36.1 Å². The lowest BCUT2D eigenvalue weighted by Gasteiger charge is -2.54. The second-order valence-corrected chi connectivity index (χ2v) is 12.0. The number of fused-ring (bicyclic) bond motifs is 4. The number of ether oxygens (including phenoxy) is 4. The number of piperidine rings is 1. The van der Waals surface area contributed by atoms with E-state index in [1.807, 2.05) is 37.8 Å². The van der Waals surface area contributed by atoms with Crippen LogP contribution in [0.4, 0.5) is 4.79 Å². The highest BCUT2D eigenvalue weighted by Gasteiger charge is 2.53. The van der Waals surface area contributed by atoms with E-state index in [4.69, 9.17) is 18.9 Å². The first-order valence-electron chi connectivity index (χ1n) is 12.9. The van der Waals surface area contributed by atoms with Crippen molar-refractivity contribution < 1.29 is 28.5 Å². The first-order valence-corrected chi connectivity index (χ1v) is 12.9. The van der Waals surface area contributed by atoms with Crippen LogP contribution in [-0.2, 0) is 14.2 Å². The maximum absolute atomic E-state index is 12.8. The molecule has 3 aliphatic heterocycles. The van der Waals surface area contributed by atoms with Gasteiger partial charge in [-0.05, 0) is 77.5 Å². The monoisotopic (exact) mass is 487 g/mol. The van der Waals surface area contributed by atoms with Gasteiger partial charge in [-0.1, -0.05) is 13.8 Å². The highest BCUT2D eigenvalue weighted by atomic mass is 16.6. The summed E-state index contributed by atoms with van der Waals surface area (Å²) in [6.45, 7) is 13.6. The van der Waals surface area contributed by atoms with Gasteiger partial charge in [0.1, 0.15) is 17.0 Å². The summed E-state index contributed by atoms with van der Waals surface area (Å²) >= 11 is 0. The molecule has 3 heterocycles. The zero-order valence-electron chi connectivity index (χ0n) is 22.3. The summed E-state index contributed by atoms with van der Waals surface area (Å²) in [5.41, 5.74) is 0.515. The Morgan fingerprint density at radius 3 is 2.66 bits per heavy atom. The van der Waals surface area contributed by atoms with Gasteiger partial charge in [0, 0.05) is 30.5 Å². The van der Waals surface area contributed by atoms with E-state index in [0.717, 1.165) is 37.0 Å². The number of nitrogens with zero attached hydrogens (tertiary/aromatic N) is 1. The zero-order chi connectivity index (χ0) is 25.5. The molecule has 2 saturated heterocycles. The highest BCUT2D eigenvalue weighted by molar-refractivity contribution is 5.89. The third kappa shape index (κ3) is 5.45. The van der Waals surface area contributed by atoms with Crippen molar-refractivity contribution in [3.63, 3.8) is 0 Å². The molecule has 0 aliphatic carbocycles. The second kappa shape index (κ2) is 9.64. The molecule has 2 fully saturated rings. The van der Waals surface area contributed by atoms with Gasteiger partial charge in [-0.25, -0.2) is 9.59 Å². The average Bonchev–Trinajstić information content (AvgIpc) is 2.80. The molecular formula is C28H41NO6. The lowest BCUT2D eigenvalue weighted by molar-refractivity contribution is -0.191. The number of rotatable bonds is 4. The Morgan fingerprint density at radius 2 is 2.00 bits per heavy atom. The number of methoxy groups -OCH3 is 1. The molecular weight excluding hydrogens is 446 g/mol. The van der Waals surface area contributed by atoms with Crippen LogP contribution in [0.1, 0.15) is 89.3 Å². The molecule has 1 aromatic rings. The summed E-state index contributed by atoms with van der Waals surface area (Å²) in [5.74, 6) is 1.31. The van der Waals surface area contributed by atoms with Crippen LogP contribution in [0.3, 0.4) is 0 Å². The van der Waals surface area contributed by atoms with Crippen molar-refractivity contribution >= 4 is 12.1 Å². The fourth-order valence-corrected chi connectivity index (χ4v) is 5.75. The van der Waals surface area contributed by atoms with Crippen molar-refractivity contribution in [1.82, 2.24) is 4.90 Å². The van der Waals surface area contributed by atoms with Crippen LogP contribution in [0.15, 0.2) is 18.2 Å². The summed E-state index contributed by atoms with van der Waals surface area (Å²) in [7, 11) is 1.39. The summed E-state index contributed by atoms with van der Waals surface area (Å²) < 4.78 is 24.1. The maximum atomic E-state index is 12.8. The van der Waals surface area contributed by atoms with Gasteiger partial charge >= 0.3 is 12.1 Å². The minimum Gasteiger partial charge on any atom is -0.487 e. The Bertz CT molecular complexity index is 953.